The summed E-state index contributed by atoms with van der Waals surface area (Å²) in [6, 6.07) is 4.30. The van der Waals surface area contributed by atoms with Gasteiger partial charge in [0.2, 0.25) is 0 Å². The highest BCUT2D eigenvalue weighted by Crippen LogP contribution is 2.31. The van der Waals surface area contributed by atoms with Gasteiger partial charge in [0.05, 0.1) is 10.5 Å². The molecule has 1 amide bonds. The molecule has 0 unspecified atom stereocenters. The lowest BCUT2D eigenvalue weighted by atomic mass is 10.1. The van der Waals surface area contributed by atoms with Crippen molar-refractivity contribution in [3.8, 4) is 0 Å². The SMILES string of the molecule is CN(CC1CC1)C(=O)c1cccc([N+](=O)[O-])c1N. The quantitative estimate of drug-likeness (QED) is 0.499. The average Bonchev–Trinajstić information content (AvgIpc) is 3.12. The summed E-state index contributed by atoms with van der Waals surface area (Å²) < 4.78 is 0. The Morgan fingerprint density at radius 1 is 1.56 bits per heavy atom. The third-order valence-corrected chi connectivity index (χ3v) is 3.09. The van der Waals surface area contributed by atoms with Gasteiger partial charge in [0.15, 0.2) is 0 Å². The molecular weight excluding hydrogens is 234 g/mol. The van der Waals surface area contributed by atoms with Crippen LogP contribution in [0.1, 0.15) is 23.2 Å². The minimum atomic E-state index is -0.576. The van der Waals surface area contributed by atoms with E-state index in [2.05, 4.69) is 0 Å². The van der Waals surface area contributed by atoms with Crippen LogP contribution in [0.15, 0.2) is 18.2 Å². The predicted octanol–water partition coefficient (Wildman–Crippen LogP) is 1.66. The largest absolute Gasteiger partial charge is 0.393 e. The maximum atomic E-state index is 12.1. The number of hydrogen-bond donors (Lipinski definition) is 1. The molecule has 0 atom stereocenters. The zero-order chi connectivity index (χ0) is 13.3. The second-order valence-corrected chi connectivity index (χ2v) is 4.62. The van der Waals surface area contributed by atoms with Crippen LogP contribution in [0.25, 0.3) is 0 Å². The van der Waals surface area contributed by atoms with Crippen molar-refractivity contribution in [1.82, 2.24) is 4.90 Å². The summed E-state index contributed by atoms with van der Waals surface area (Å²) in [5, 5.41) is 10.8. The van der Waals surface area contributed by atoms with Gasteiger partial charge in [-0.05, 0) is 24.8 Å². The molecular formula is C12H15N3O3. The van der Waals surface area contributed by atoms with E-state index in [0.717, 1.165) is 12.8 Å². The van der Waals surface area contributed by atoms with Crippen molar-refractivity contribution in [2.75, 3.05) is 19.3 Å². The molecule has 0 aliphatic heterocycles. The number of para-hydroxylation sites is 1. The van der Waals surface area contributed by atoms with Crippen LogP contribution in [-0.4, -0.2) is 29.3 Å². The van der Waals surface area contributed by atoms with E-state index < -0.39 is 4.92 Å². The molecule has 0 heterocycles. The summed E-state index contributed by atoms with van der Waals surface area (Å²) >= 11 is 0. The molecule has 0 aromatic heterocycles. The number of rotatable bonds is 4. The Morgan fingerprint density at radius 3 is 2.78 bits per heavy atom. The van der Waals surface area contributed by atoms with Crippen molar-refractivity contribution >= 4 is 17.3 Å². The molecule has 1 aromatic rings. The van der Waals surface area contributed by atoms with Crippen LogP contribution in [0, 0.1) is 16.0 Å². The first-order valence-corrected chi connectivity index (χ1v) is 5.79. The van der Waals surface area contributed by atoms with Gasteiger partial charge >= 0.3 is 0 Å². The molecule has 0 spiro atoms. The topological polar surface area (TPSA) is 89.5 Å². The molecule has 2 rings (SSSR count). The van der Waals surface area contributed by atoms with E-state index in [0.29, 0.717) is 12.5 Å². The van der Waals surface area contributed by atoms with E-state index in [1.54, 1.807) is 11.9 Å². The molecule has 0 radical (unpaired) electrons. The highest BCUT2D eigenvalue weighted by Gasteiger charge is 2.27. The maximum Gasteiger partial charge on any atom is 0.292 e. The molecule has 0 bridgehead atoms. The summed E-state index contributed by atoms with van der Waals surface area (Å²) in [5.74, 6) is 0.307. The van der Waals surface area contributed by atoms with Crippen molar-refractivity contribution in [2.24, 2.45) is 5.92 Å². The molecule has 6 heteroatoms. The molecule has 6 nitrogen and oxygen atoms in total. The van der Waals surface area contributed by atoms with E-state index in [9.17, 15) is 14.9 Å². The summed E-state index contributed by atoms with van der Waals surface area (Å²) in [5.41, 5.74) is 5.60. The van der Waals surface area contributed by atoms with Gasteiger partial charge in [0.1, 0.15) is 5.69 Å². The van der Waals surface area contributed by atoms with Crippen molar-refractivity contribution < 1.29 is 9.72 Å². The number of amides is 1. The van der Waals surface area contributed by atoms with Gasteiger partial charge < -0.3 is 10.6 Å². The normalized spacial score (nSPS) is 14.3. The smallest absolute Gasteiger partial charge is 0.292 e. The van der Waals surface area contributed by atoms with Gasteiger partial charge in [-0.2, -0.15) is 0 Å². The van der Waals surface area contributed by atoms with Crippen LogP contribution >= 0.6 is 0 Å². The van der Waals surface area contributed by atoms with E-state index in [1.165, 1.54) is 18.2 Å². The summed E-state index contributed by atoms with van der Waals surface area (Å²) in [6.07, 6.45) is 2.28. The molecule has 1 aromatic carbocycles. The van der Waals surface area contributed by atoms with Crippen molar-refractivity contribution in [3.63, 3.8) is 0 Å². The standard InChI is InChI=1S/C12H15N3O3/c1-14(7-8-5-6-8)12(16)9-3-2-4-10(11(9)13)15(17)18/h2-4,8H,5-7,13H2,1H3. The highest BCUT2D eigenvalue weighted by molar-refractivity contribution is 6.00. The summed E-state index contributed by atoms with van der Waals surface area (Å²) in [6.45, 7) is 0.682. The van der Waals surface area contributed by atoms with E-state index in [4.69, 9.17) is 5.73 Å². The lowest BCUT2D eigenvalue weighted by molar-refractivity contribution is -0.383. The molecule has 1 fully saturated rings. The Bertz CT molecular complexity index is 497. The van der Waals surface area contributed by atoms with Gasteiger partial charge in [-0.1, -0.05) is 6.07 Å². The van der Waals surface area contributed by atoms with Gasteiger partial charge in [-0.25, -0.2) is 0 Å². The number of anilines is 1. The zero-order valence-electron chi connectivity index (χ0n) is 10.1. The number of nitrogens with two attached hydrogens (primary N) is 1. The Hall–Kier alpha value is -2.11. The number of nitrogen functional groups attached to an aromatic ring is 1. The number of benzene rings is 1. The van der Waals surface area contributed by atoms with E-state index >= 15 is 0 Å². The maximum absolute atomic E-state index is 12.1. The average molecular weight is 249 g/mol. The first kappa shape index (κ1) is 12.3. The second-order valence-electron chi connectivity index (χ2n) is 4.62. The fourth-order valence-corrected chi connectivity index (χ4v) is 1.87. The lowest BCUT2D eigenvalue weighted by Crippen LogP contribution is -2.29. The van der Waals surface area contributed by atoms with Crippen molar-refractivity contribution in [3.05, 3.63) is 33.9 Å². The number of nitro benzene ring substituents is 1. The molecule has 0 saturated heterocycles. The lowest BCUT2D eigenvalue weighted by Gasteiger charge is -2.17. The third-order valence-electron chi connectivity index (χ3n) is 3.09. The molecule has 2 N–H and O–H groups in total. The van der Waals surface area contributed by atoms with Crippen LogP contribution in [0.3, 0.4) is 0 Å². The number of carbonyl (C=O) groups excluding carboxylic acids is 1. The van der Waals surface area contributed by atoms with Crippen LogP contribution in [0.2, 0.25) is 0 Å². The van der Waals surface area contributed by atoms with Gasteiger partial charge in [0, 0.05) is 19.7 Å². The van der Waals surface area contributed by atoms with E-state index in [1.807, 2.05) is 0 Å². The van der Waals surface area contributed by atoms with E-state index in [-0.39, 0.29) is 22.8 Å². The number of nitro groups is 1. The Morgan fingerprint density at radius 2 is 2.22 bits per heavy atom. The van der Waals surface area contributed by atoms with Crippen LogP contribution < -0.4 is 5.73 Å². The van der Waals surface area contributed by atoms with Crippen LogP contribution in [0.4, 0.5) is 11.4 Å². The van der Waals surface area contributed by atoms with Gasteiger partial charge in [0.25, 0.3) is 11.6 Å². The third kappa shape index (κ3) is 2.42. The Labute approximate surface area is 105 Å². The number of nitrogens with zero attached hydrogens (tertiary/aromatic N) is 2. The van der Waals surface area contributed by atoms with Crippen LogP contribution in [0.5, 0.6) is 0 Å². The zero-order valence-corrected chi connectivity index (χ0v) is 10.1. The summed E-state index contributed by atoms with van der Waals surface area (Å²) in [7, 11) is 1.69. The highest BCUT2D eigenvalue weighted by atomic mass is 16.6. The van der Waals surface area contributed by atoms with Crippen LogP contribution in [-0.2, 0) is 0 Å². The minimum absolute atomic E-state index is 0.0600. The fraction of sp³-hybridized carbons (Fsp3) is 0.417. The van der Waals surface area contributed by atoms with Gasteiger partial charge in [-0.15, -0.1) is 0 Å². The molecule has 96 valence electrons. The first-order chi connectivity index (χ1) is 8.50. The molecule has 1 aliphatic carbocycles. The molecule has 18 heavy (non-hydrogen) atoms. The minimum Gasteiger partial charge on any atom is -0.393 e. The van der Waals surface area contributed by atoms with Gasteiger partial charge in [-0.3, -0.25) is 14.9 Å². The van der Waals surface area contributed by atoms with Crippen molar-refractivity contribution in [1.29, 1.82) is 0 Å². The Kier molecular flexibility index (Phi) is 3.18. The molecule has 1 aliphatic rings. The fourth-order valence-electron chi connectivity index (χ4n) is 1.87. The summed E-state index contributed by atoms with van der Waals surface area (Å²) in [4.78, 5) is 23.9. The Balaban J connectivity index is 2.23. The second kappa shape index (κ2) is 4.64. The predicted molar refractivity (Wildman–Crippen MR) is 67.2 cm³/mol. The number of carbonyl (C=O) groups is 1. The molecule has 1 saturated carbocycles. The monoisotopic (exact) mass is 249 g/mol. The number of hydrogen-bond acceptors (Lipinski definition) is 4. The van der Waals surface area contributed by atoms with Crippen molar-refractivity contribution in [2.45, 2.75) is 12.8 Å². The first-order valence-electron chi connectivity index (χ1n) is 5.79.